The minimum Gasteiger partial charge on any atom is -0.488 e. The molecule has 0 aliphatic rings. The van der Waals surface area contributed by atoms with Crippen molar-refractivity contribution in [2.24, 2.45) is 5.10 Å². The highest BCUT2D eigenvalue weighted by Gasteiger charge is 2.20. The SMILES string of the molecule is COc1c(F)cc(C=NNc2ccccc2)cc1[N+](=O)[O-]. The van der Waals surface area contributed by atoms with E-state index >= 15 is 0 Å². The first-order valence-corrected chi connectivity index (χ1v) is 5.98. The Labute approximate surface area is 120 Å². The Hall–Kier alpha value is -2.96. The molecule has 21 heavy (non-hydrogen) atoms. The van der Waals surface area contributed by atoms with Crippen molar-refractivity contribution in [2.45, 2.75) is 0 Å². The summed E-state index contributed by atoms with van der Waals surface area (Å²) >= 11 is 0. The number of halogens is 1. The first-order valence-electron chi connectivity index (χ1n) is 5.98. The van der Waals surface area contributed by atoms with Crippen LogP contribution in [0.3, 0.4) is 0 Å². The molecule has 0 aromatic heterocycles. The Morgan fingerprint density at radius 2 is 2.05 bits per heavy atom. The largest absolute Gasteiger partial charge is 0.488 e. The van der Waals surface area contributed by atoms with Crippen LogP contribution in [0.15, 0.2) is 47.6 Å². The van der Waals surface area contributed by atoms with Gasteiger partial charge in [0.25, 0.3) is 0 Å². The fourth-order valence-electron chi connectivity index (χ4n) is 1.71. The number of hydrazone groups is 1. The van der Waals surface area contributed by atoms with E-state index in [1.54, 1.807) is 12.1 Å². The van der Waals surface area contributed by atoms with Crippen LogP contribution in [-0.2, 0) is 0 Å². The lowest BCUT2D eigenvalue weighted by Gasteiger charge is -2.04. The summed E-state index contributed by atoms with van der Waals surface area (Å²) in [5.41, 5.74) is 3.29. The predicted molar refractivity (Wildman–Crippen MR) is 77.3 cm³/mol. The first kappa shape index (κ1) is 14.4. The molecular weight excluding hydrogens is 277 g/mol. The van der Waals surface area contributed by atoms with Gasteiger partial charge in [-0.2, -0.15) is 5.10 Å². The zero-order valence-corrected chi connectivity index (χ0v) is 11.1. The monoisotopic (exact) mass is 289 g/mol. The van der Waals surface area contributed by atoms with Crippen LogP contribution in [0, 0.1) is 15.9 Å². The summed E-state index contributed by atoms with van der Waals surface area (Å²) in [7, 11) is 1.18. The standard InChI is InChI=1S/C14H12FN3O3/c1-21-14-12(15)7-10(8-13(14)18(19)20)9-16-17-11-5-3-2-4-6-11/h2-9,17H,1H3. The van der Waals surface area contributed by atoms with E-state index in [1.165, 1.54) is 19.4 Å². The lowest BCUT2D eigenvalue weighted by Crippen LogP contribution is -1.99. The average molecular weight is 289 g/mol. The molecule has 0 atom stereocenters. The second kappa shape index (κ2) is 6.47. The topological polar surface area (TPSA) is 76.8 Å². The van der Waals surface area contributed by atoms with Gasteiger partial charge in [-0.25, -0.2) is 4.39 Å². The number of nitrogens with zero attached hydrogens (tertiary/aromatic N) is 2. The highest BCUT2D eigenvalue weighted by Crippen LogP contribution is 2.30. The molecule has 0 radical (unpaired) electrons. The lowest BCUT2D eigenvalue weighted by atomic mass is 10.2. The van der Waals surface area contributed by atoms with Crippen LogP contribution in [0.2, 0.25) is 0 Å². The van der Waals surface area contributed by atoms with Gasteiger partial charge in [-0.05, 0) is 18.2 Å². The van der Waals surface area contributed by atoms with Crippen LogP contribution in [0.4, 0.5) is 15.8 Å². The minimum absolute atomic E-state index is 0.253. The molecule has 0 saturated heterocycles. The van der Waals surface area contributed by atoms with Crippen molar-refractivity contribution in [3.63, 3.8) is 0 Å². The number of anilines is 1. The van der Waals surface area contributed by atoms with E-state index in [0.717, 1.165) is 11.8 Å². The molecule has 0 aliphatic carbocycles. The Morgan fingerprint density at radius 3 is 2.67 bits per heavy atom. The second-order valence-corrected chi connectivity index (χ2v) is 4.05. The summed E-state index contributed by atoms with van der Waals surface area (Å²) in [5, 5.41) is 14.8. The number of benzene rings is 2. The van der Waals surface area contributed by atoms with Gasteiger partial charge in [0.2, 0.25) is 5.75 Å². The number of para-hydroxylation sites is 1. The number of nitro groups is 1. The molecule has 0 aliphatic heterocycles. The van der Waals surface area contributed by atoms with E-state index in [2.05, 4.69) is 15.3 Å². The van der Waals surface area contributed by atoms with Crippen LogP contribution < -0.4 is 10.2 Å². The van der Waals surface area contributed by atoms with Gasteiger partial charge in [0.05, 0.1) is 23.9 Å². The molecule has 108 valence electrons. The molecule has 1 N–H and O–H groups in total. The van der Waals surface area contributed by atoms with E-state index in [1.807, 2.05) is 18.2 Å². The molecule has 0 spiro atoms. The molecule has 0 amide bonds. The molecule has 0 fully saturated rings. The molecule has 2 aromatic rings. The van der Waals surface area contributed by atoms with E-state index in [0.29, 0.717) is 0 Å². The normalized spacial score (nSPS) is 10.6. The summed E-state index contributed by atoms with van der Waals surface area (Å²) in [6.45, 7) is 0. The van der Waals surface area contributed by atoms with E-state index < -0.39 is 22.2 Å². The summed E-state index contributed by atoms with van der Waals surface area (Å²) in [5.74, 6) is -1.21. The molecule has 2 aromatic carbocycles. The lowest BCUT2D eigenvalue weighted by molar-refractivity contribution is -0.386. The quantitative estimate of drug-likeness (QED) is 0.521. The zero-order chi connectivity index (χ0) is 15.2. The number of methoxy groups -OCH3 is 1. The molecule has 7 heteroatoms. The van der Waals surface area contributed by atoms with Crippen molar-refractivity contribution < 1.29 is 14.1 Å². The van der Waals surface area contributed by atoms with Crippen LogP contribution in [-0.4, -0.2) is 18.2 Å². The fourth-order valence-corrected chi connectivity index (χ4v) is 1.71. The third kappa shape index (κ3) is 3.53. The third-order valence-corrected chi connectivity index (χ3v) is 2.63. The zero-order valence-electron chi connectivity index (χ0n) is 11.1. The summed E-state index contributed by atoms with van der Waals surface area (Å²) in [6, 6.07) is 11.4. The predicted octanol–water partition coefficient (Wildman–Crippen LogP) is 3.19. The molecule has 2 rings (SSSR count). The van der Waals surface area contributed by atoms with Crippen molar-refractivity contribution >= 4 is 17.6 Å². The number of nitro benzene ring substituents is 1. The summed E-state index contributed by atoms with van der Waals surface area (Å²) in [4.78, 5) is 10.2. The second-order valence-electron chi connectivity index (χ2n) is 4.05. The van der Waals surface area contributed by atoms with Crippen LogP contribution >= 0.6 is 0 Å². The van der Waals surface area contributed by atoms with E-state index in [-0.39, 0.29) is 5.56 Å². The Balaban J connectivity index is 2.22. The van der Waals surface area contributed by atoms with E-state index in [9.17, 15) is 14.5 Å². The first-order chi connectivity index (χ1) is 10.1. The maximum Gasteiger partial charge on any atom is 0.314 e. The van der Waals surface area contributed by atoms with Crippen LogP contribution in [0.5, 0.6) is 5.75 Å². The average Bonchev–Trinajstić information content (AvgIpc) is 2.47. The van der Waals surface area contributed by atoms with Crippen LogP contribution in [0.1, 0.15) is 5.56 Å². The number of hydrogen-bond acceptors (Lipinski definition) is 5. The van der Waals surface area contributed by atoms with Crippen molar-refractivity contribution in [3.8, 4) is 5.75 Å². The fraction of sp³-hybridized carbons (Fsp3) is 0.0714. The summed E-state index contributed by atoms with van der Waals surface area (Å²) in [6.07, 6.45) is 1.29. The summed E-state index contributed by atoms with van der Waals surface area (Å²) < 4.78 is 18.4. The van der Waals surface area contributed by atoms with E-state index in [4.69, 9.17) is 0 Å². The molecule has 0 heterocycles. The Morgan fingerprint density at radius 1 is 1.33 bits per heavy atom. The van der Waals surface area contributed by atoms with Gasteiger partial charge >= 0.3 is 5.69 Å². The van der Waals surface area contributed by atoms with Gasteiger partial charge in [-0.1, -0.05) is 18.2 Å². The molecular formula is C14H12FN3O3. The van der Waals surface area contributed by atoms with Gasteiger partial charge in [0.15, 0.2) is 5.82 Å². The molecule has 6 nitrogen and oxygen atoms in total. The minimum atomic E-state index is -0.812. The van der Waals surface area contributed by atoms with Crippen molar-refractivity contribution in [1.82, 2.24) is 0 Å². The van der Waals surface area contributed by atoms with Gasteiger partial charge in [0.1, 0.15) is 0 Å². The highest BCUT2D eigenvalue weighted by molar-refractivity contribution is 5.82. The molecule has 0 bridgehead atoms. The van der Waals surface area contributed by atoms with Crippen molar-refractivity contribution in [1.29, 1.82) is 0 Å². The van der Waals surface area contributed by atoms with Gasteiger partial charge in [-0.3, -0.25) is 15.5 Å². The highest BCUT2D eigenvalue weighted by atomic mass is 19.1. The Kier molecular flexibility index (Phi) is 4.45. The smallest absolute Gasteiger partial charge is 0.314 e. The van der Waals surface area contributed by atoms with Gasteiger partial charge in [0, 0.05) is 11.6 Å². The molecule has 0 saturated carbocycles. The maximum absolute atomic E-state index is 13.7. The number of rotatable bonds is 5. The van der Waals surface area contributed by atoms with Gasteiger partial charge < -0.3 is 4.74 Å². The van der Waals surface area contributed by atoms with Crippen molar-refractivity contribution in [2.75, 3.05) is 12.5 Å². The van der Waals surface area contributed by atoms with Gasteiger partial charge in [-0.15, -0.1) is 0 Å². The maximum atomic E-state index is 13.7. The number of hydrogen-bond donors (Lipinski definition) is 1. The number of ether oxygens (including phenoxy) is 1. The third-order valence-electron chi connectivity index (χ3n) is 2.63. The Bertz CT molecular complexity index is 675. The van der Waals surface area contributed by atoms with Crippen molar-refractivity contribution in [3.05, 3.63) is 64.0 Å². The van der Waals surface area contributed by atoms with Crippen LogP contribution in [0.25, 0.3) is 0 Å². The number of nitrogens with one attached hydrogen (secondary N) is 1. The molecule has 0 unspecified atom stereocenters.